The van der Waals surface area contributed by atoms with Crippen LogP contribution >= 0.6 is 0 Å². The number of benzene rings is 2. The molecule has 4 rings (SSSR count). The molecule has 2 heterocycles. The lowest BCUT2D eigenvalue weighted by molar-refractivity contribution is -0.923. The molecule has 0 spiro atoms. The van der Waals surface area contributed by atoms with Crippen LogP contribution < -0.4 is 15.4 Å². The molecule has 0 aliphatic carbocycles. The lowest BCUT2D eigenvalue weighted by Gasteiger charge is -2.50. The summed E-state index contributed by atoms with van der Waals surface area (Å²) < 4.78 is 22.2. The topological polar surface area (TPSA) is 141 Å². The van der Waals surface area contributed by atoms with Gasteiger partial charge < -0.3 is 34.7 Å². The number of hydrogen-bond donors (Lipinski definition) is 2. The van der Waals surface area contributed by atoms with Gasteiger partial charge in [0, 0.05) is 31.2 Å². The summed E-state index contributed by atoms with van der Waals surface area (Å²) in [6, 6.07) is 9.74. The first-order valence-electron chi connectivity index (χ1n) is 11.7. The first-order chi connectivity index (χ1) is 17.6. The van der Waals surface area contributed by atoms with Crippen molar-refractivity contribution in [3.63, 3.8) is 0 Å². The zero-order valence-electron chi connectivity index (χ0n) is 21.8. The molecule has 2 aliphatic rings. The van der Waals surface area contributed by atoms with Gasteiger partial charge in [0.1, 0.15) is 18.9 Å². The number of aliphatic hydroxyl groups is 1. The molecule has 12 heteroatoms. The van der Waals surface area contributed by atoms with Crippen LogP contribution in [0.25, 0.3) is 0 Å². The van der Waals surface area contributed by atoms with Crippen molar-refractivity contribution in [1.29, 1.82) is 0 Å². The van der Waals surface area contributed by atoms with E-state index in [1.165, 1.54) is 27.7 Å². The summed E-state index contributed by atoms with van der Waals surface area (Å²) in [7, 11) is 6.07. The quantitative estimate of drug-likeness (QED) is 0.238. The van der Waals surface area contributed by atoms with Gasteiger partial charge in [-0.25, -0.2) is 4.79 Å². The van der Waals surface area contributed by atoms with Crippen LogP contribution in [0.4, 0.5) is 11.4 Å². The summed E-state index contributed by atoms with van der Waals surface area (Å²) >= 11 is 0. The third kappa shape index (κ3) is 4.76. The first kappa shape index (κ1) is 26.5. The number of nitrogen functional groups attached to an aromatic ring is 1. The largest absolute Gasteiger partial charge is 0.479 e. The zero-order valence-corrected chi connectivity index (χ0v) is 21.8. The van der Waals surface area contributed by atoms with Crippen LogP contribution in [-0.4, -0.2) is 75.2 Å². The number of methoxy groups -OCH3 is 3. The van der Waals surface area contributed by atoms with Gasteiger partial charge in [-0.15, -0.1) is 0 Å². The van der Waals surface area contributed by atoms with Gasteiger partial charge in [-0.05, 0) is 59.5 Å². The van der Waals surface area contributed by atoms with Gasteiger partial charge in [0.05, 0.1) is 23.9 Å². The number of quaternary nitrogens is 1. The van der Waals surface area contributed by atoms with Crippen LogP contribution in [0.5, 0.6) is 5.75 Å². The first-order valence-corrected chi connectivity index (χ1v) is 11.7. The van der Waals surface area contributed by atoms with Crippen molar-refractivity contribution in [2.75, 3.05) is 45.7 Å². The molecule has 0 fully saturated rings. The molecule has 12 nitrogen and oxygen atoms in total. The summed E-state index contributed by atoms with van der Waals surface area (Å²) in [5, 5.41) is 24.6. The Balaban J connectivity index is 1.96. The lowest BCUT2D eigenvalue weighted by atomic mass is 9.83. The average molecular weight is 514 g/mol. The highest BCUT2D eigenvalue weighted by molar-refractivity contribution is 5.91. The van der Waals surface area contributed by atoms with E-state index in [4.69, 9.17) is 24.7 Å². The maximum absolute atomic E-state index is 12.4. The standard InChI is InChI=1S/C25H33N6O6/c1-15-7-8-16(23(33)34-4)11-19(15)30(14-31(3)28-13-27-29-31)21-18-12-17(26)9-10-20(18)37-25(2,22(21)32)24(35-5)36-6/h7-13,21-22,24,32H,14,26H2,1-6H3/q+1/t21-,22+,25-,31?/m0/s1. The van der Waals surface area contributed by atoms with Crippen LogP contribution in [0.3, 0.4) is 0 Å². The van der Waals surface area contributed by atoms with Gasteiger partial charge in [0.25, 0.3) is 0 Å². The number of fused-ring (bicyclic) bond motifs is 1. The van der Waals surface area contributed by atoms with E-state index in [0.717, 1.165) is 5.56 Å². The molecule has 3 N–H and O–H groups in total. The molecule has 0 saturated heterocycles. The van der Waals surface area contributed by atoms with Gasteiger partial charge in [0.15, 0.2) is 11.9 Å². The van der Waals surface area contributed by atoms with E-state index in [2.05, 4.69) is 15.4 Å². The third-order valence-corrected chi connectivity index (χ3v) is 6.76. The predicted octanol–water partition coefficient (Wildman–Crippen LogP) is 2.77. The molecule has 2 aliphatic heterocycles. The fraction of sp³-hybridized carbons (Fsp3) is 0.440. The highest BCUT2D eigenvalue weighted by atomic mass is 16.7. The second kappa shape index (κ2) is 10.1. The predicted molar refractivity (Wildman–Crippen MR) is 136 cm³/mol. The highest BCUT2D eigenvalue weighted by Crippen LogP contribution is 2.47. The molecule has 198 valence electrons. The van der Waals surface area contributed by atoms with Crippen molar-refractivity contribution < 1.29 is 33.5 Å². The number of anilines is 2. The highest BCUT2D eigenvalue weighted by Gasteiger charge is 2.55. The van der Waals surface area contributed by atoms with E-state index in [-0.39, 0.29) is 11.4 Å². The maximum Gasteiger partial charge on any atom is 0.337 e. The number of carbonyl (C=O) groups is 1. The zero-order chi connectivity index (χ0) is 27.0. The summed E-state index contributed by atoms with van der Waals surface area (Å²) in [4.78, 5) is 14.4. The normalized spacial score (nSPS) is 26.2. The lowest BCUT2D eigenvalue weighted by Crippen LogP contribution is -2.63. The van der Waals surface area contributed by atoms with E-state index in [1.54, 1.807) is 44.3 Å². The fourth-order valence-corrected chi connectivity index (χ4v) is 4.88. The second-order valence-corrected chi connectivity index (χ2v) is 9.40. The summed E-state index contributed by atoms with van der Waals surface area (Å²) in [6.45, 7) is 3.79. The van der Waals surface area contributed by atoms with Gasteiger partial charge >= 0.3 is 5.97 Å². The summed E-state index contributed by atoms with van der Waals surface area (Å²) in [6.07, 6.45) is -0.726. The van der Waals surface area contributed by atoms with Crippen LogP contribution in [-0.2, 0) is 14.2 Å². The van der Waals surface area contributed by atoms with Gasteiger partial charge in [-0.1, -0.05) is 11.2 Å². The number of carbonyl (C=O) groups excluding carboxylic acids is 1. The van der Waals surface area contributed by atoms with E-state index >= 15 is 0 Å². The van der Waals surface area contributed by atoms with Crippen LogP contribution in [0, 0.1) is 6.92 Å². The number of esters is 1. The van der Waals surface area contributed by atoms with Crippen molar-refractivity contribution in [2.24, 2.45) is 15.4 Å². The number of rotatable bonds is 8. The van der Waals surface area contributed by atoms with Crippen molar-refractivity contribution in [1.82, 2.24) is 0 Å². The summed E-state index contributed by atoms with van der Waals surface area (Å²) in [5.74, 6) is 0.0217. The molecule has 0 saturated carbocycles. The fourth-order valence-electron chi connectivity index (χ4n) is 4.88. The Labute approximate surface area is 215 Å². The molecule has 2 aromatic rings. The van der Waals surface area contributed by atoms with E-state index < -0.39 is 30.0 Å². The second-order valence-electron chi connectivity index (χ2n) is 9.40. The van der Waals surface area contributed by atoms with Crippen LogP contribution in [0.1, 0.15) is 34.5 Å². The Morgan fingerprint density at radius 2 is 1.97 bits per heavy atom. The van der Waals surface area contributed by atoms with E-state index in [1.807, 2.05) is 17.9 Å². The van der Waals surface area contributed by atoms with Gasteiger partial charge in [-0.3, -0.25) is 0 Å². The van der Waals surface area contributed by atoms with Crippen molar-refractivity contribution in [3.8, 4) is 5.75 Å². The minimum Gasteiger partial charge on any atom is -0.479 e. The number of aliphatic hydroxyl groups excluding tert-OH is 1. The minimum absolute atomic E-state index is 0.155. The molecule has 2 aromatic carbocycles. The Bertz CT molecular complexity index is 1220. The average Bonchev–Trinajstić information content (AvgIpc) is 3.31. The SMILES string of the molecule is COC(=O)c1ccc(C)c(N(C[N+]2(C)N=CN=N2)[C@H]2c3cc(N)ccc3O[C@](C)(C(OC)OC)[C@@H]2O)c1. The van der Waals surface area contributed by atoms with E-state index in [9.17, 15) is 9.90 Å². The number of nitrogens with zero attached hydrogens (tertiary/aromatic N) is 5. The maximum atomic E-state index is 12.4. The smallest absolute Gasteiger partial charge is 0.337 e. The number of ether oxygens (including phenoxy) is 4. The third-order valence-electron chi connectivity index (χ3n) is 6.76. The van der Waals surface area contributed by atoms with E-state index in [0.29, 0.717) is 28.3 Å². The molecule has 0 amide bonds. The Morgan fingerprint density at radius 3 is 2.59 bits per heavy atom. The number of aryl methyl sites for hydroxylation is 1. The molecular weight excluding hydrogens is 480 g/mol. The van der Waals surface area contributed by atoms with Crippen molar-refractivity contribution >= 4 is 23.7 Å². The Kier molecular flexibility index (Phi) is 7.20. The molecule has 0 radical (unpaired) electrons. The summed E-state index contributed by atoms with van der Waals surface area (Å²) in [5.41, 5.74) is 7.86. The van der Waals surface area contributed by atoms with Crippen molar-refractivity contribution in [3.05, 3.63) is 53.1 Å². The molecule has 1 unspecified atom stereocenters. The minimum atomic E-state index is -1.32. The van der Waals surface area contributed by atoms with Crippen LogP contribution in [0.15, 0.2) is 51.8 Å². The molecular formula is C25H33N6O6+. The molecule has 4 atom stereocenters. The molecule has 37 heavy (non-hydrogen) atoms. The van der Waals surface area contributed by atoms with Gasteiger partial charge in [0.2, 0.25) is 13.0 Å². The Morgan fingerprint density at radius 1 is 1.24 bits per heavy atom. The van der Waals surface area contributed by atoms with Crippen molar-refractivity contribution in [2.45, 2.75) is 37.9 Å². The van der Waals surface area contributed by atoms with Gasteiger partial charge in [-0.2, -0.15) is 0 Å². The number of hydrogen-bond acceptors (Lipinski definition) is 11. The van der Waals surface area contributed by atoms with Crippen LogP contribution in [0.2, 0.25) is 0 Å². The Hall–Kier alpha value is -3.58. The molecule has 0 bridgehead atoms. The monoisotopic (exact) mass is 513 g/mol. The number of nitrogens with two attached hydrogens (primary N) is 1. The molecule has 0 aromatic heterocycles.